The largest absolute Gasteiger partial charge is 0.399 e. The smallest absolute Gasteiger partial charge is 0.305 e. The average molecular weight is 328 g/mol. The van der Waals surface area contributed by atoms with Gasteiger partial charge in [-0.2, -0.15) is 5.26 Å². The maximum absolute atomic E-state index is 12.6. The van der Waals surface area contributed by atoms with Gasteiger partial charge in [-0.3, -0.25) is 4.79 Å². The van der Waals surface area contributed by atoms with Gasteiger partial charge in [-0.15, -0.1) is 0 Å². The molecule has 2 unspecified atom stereocenters. The Morgan fingerprint density at radius 3 is 2.61 bits per heavy atom. The number of carbonyl (C=O) groups is 1. The Kier molecular flexibility index (Phi) is 3.72. The maximum atomic E-state index is 12.6. The van der Waals surface area contributed by atoms with Gasteiger partial charge in [-0.25, -0.2) is 0 Å². The number of carbonyl (C=O) groups excluding carboxylic acids is 1. The van der Waals surface area contributed by atoms with Gasteiger partial charge in [0.05, 0.1) is 10.8 Å². The molecular formula is C16H12ClN4O2+. The molecule has 0 bridgehead atoms. The first-order valence-corrected chi connectivity index (χ1v) is 7.21. The first-order valence-electron chi connectivity index (χ1n) is 6.83. The summed E-state index contributed by atoms with van der Waals surface area (Å²) in [7, 11) is 0. The number of hydrogen-bond donors (Lipinski definition) is 2. The van der Waals surface area contributed by atoms with Crippen LogP contribution in [0.2, 0.25) is 5.02 Å². The van der Waals surface area contributed by atoms with Gasteiger partial charge in [0.25, 0.3) is 11.6 Å². The lowest BCUT2D eigenvalue weighted by Crippen LogP contribution is -2.43. The van der Waals surface area contributed by atoms with Crippen molar-refractivity contribution in [3.8, 4) is 6.07 Å². The van der Waals surface area contributed by atoms with E-state index in [4.69, 9.17) is 17.3 Å². The van der Waals surface area contributed by atoms with E-state index in [0.717, 1.165) is 0 Å². The molecule has 2 atom stereocenters. The molecule has 3 rings (SSSR count). The fourth-order valence-electron chi connectivity index (χ4n) is 2.58. The van der Waals surface area contributed by atoms with Crippen molar-refractivity contribution in [3.05, 3.63) is 58.0 Å². The van der Waals surface area contributed by atoms with Crippen molar-refractivity contribution in [3.63, 3.8) is 0 Å². The minimum absolute atomic E-state index is 0.240. The molecule has 7 heteroatoms. The minimum atomic E-state index is -1.20. The number of fused-ring (bicyclic) bond motifs is 1. The Bertz CT molecular complexity index is 842. The summed E-state index contributed by atoms with van der Waals surface area (Å²) in [5.41, 5.74) is 7.27. The van der Waals surface area contributed by atoms with Crippen LogP contribution in [-0.2, 0) is 4.79 Å². The van der Waals surface area contributed by atoms with Crippen molar-refractivity contribution in [1.29, 1.82) is 5.26 Å². The van der Waals surface area contributed by atoms with Crippen LogP contribution in [0.5, 0.6) is 0 Å². The molecule has 3 N–H and O–H groups in total. The topological polar surface area (TPSA) is 99.0 Å². The van der Waals surface area contributed by atoms with Crippen molar-refractivity contribution in [2.24, 2.45) is 0 Å². The molecule has 0 aliphatic carbocycles. The molecule has 0 radical (unpaired) electrons. The van der Waals surface area contributed by atoms with Crippen LogP contribution in [0.3, 0.4) is 0 Å². The minimum Gasteiger partial charge on any atom is -0.399 e. The molecule has 2 aromatic carbocycles. The van der Waals surface area contributed by atoms with E-state index in [1.165, 1.54) is 6.07 Å². The second kappa shape index (κ2) is 5.71. The average Bonchev–Trinajstić information content (AvgIpc) is 2.53. The predicted octanol–water partition coefficient (Wildman–Crippen LogP) is 2.96. The first-order chi connectivity index (χ1) is 11.0. The van der Waals surface area contributed by atoms with Crippen molar-refractivity contribution < 1.29 is 9.55 Å². The van der Waals surface area contributed by atoms with E-state index in [9.17, 15) is 15.0 Å². The van der Waals surface area contributed by atoms with Crippen molar-refractivity contribution >= 4 is 34.6 Å². The molecule has 114 valence electrons. The standard InChI is InChI=1S/C16H11ClN4O2/c17-10-3-1-9(2-4-10)12(8-18)15-16(22)20-13-6-5-11(19)7-14(13)21(15)23/h1-7,12,15H,19H2/p+1. The number of hydrogen-bond acceptors (Lipinski definition) is 4. The van der Waals surface area contributed by atoms with Gasteiger partial charge in [0.2, 0.25) is 0 Å². The second-order valence-electron chi connectivity index (χ2n) is 5.19. The Balaban J connectivity index is 2.04. The van der Waals surface area contributed by atoms with E-state index in [1.807, 2.05) is 6.07 Å². The molecule has 0 aromatic heterocycles. The van der Waals surface area contributed by atoms with Gasteiger partial charge in [0, 0.05) is 21.7 Å². The molecular weight excluding hydrogens is 316 g/mol. The summed E-state index contributed by atoms with van der Waals surface area (Å²) >= 11 is 5.84. The number of nitrogens with two attached hydrogens (primary N) is 1. The maximum Gasteiger partial charge on any atom is 0.305 e. The van der Waals surface area contributed by atoms with Crippen LogP contribution >= 0.6 is 11.6 Å². The zero-order valence-corrected chi connectivity index (χ0v) is 12.6. The third-order valence-electron chi connectivity index (χ3n) is 3.72. The Morgan fingerprint density at radius 2 is 1.96 bits per heavy atom. The molecule has 1 aliphatic rings. The van der Waals surface area contributed by atoms with Crippen molar-refractivity contribution in [1.82, 2.24) is 0 Å². The second-order valence-corrected chi connectivity index (χ2v) is 5.63. The van der Waals surface area contributed by atoms with Crippen LogP contribution in [0, 0.1) is 16.2 Å². The van der Waals surface area contributed by atoms with Crippen LogP contribution in [0.1, 0.15) is 11.5 Å². The number of nitriles is 1. The summed E-state index contributed by atoms with van der Waals surface area (Å²) in [6, 6.07) is 12.0. The van der Waals surface area contributed by atoms with Crippen LogP contribution in [0.25, 0.3) is 0 Å². The number of nitrogens with one attached hydrogen (secondary N) is 1. The quantitative estimate of drug-likeness (QED) is 0.654. The summed E-state index contributed by atoms with van der Waals surface area (Å²) < 4.78 is 0.549. The molecule has 23 heavy (non-hydrogen) atoms. The van der Waals surface area contributed by atoms with Gasteiger partial charge < -0.3 is 11.1 Å². The van der Waals surface area contributed by atoms with E-state index >= 15 is 0 Å². The van der Waals surface area contributed by atoms with E-state index in [1.54, 1.807) is 36.4 Å². The van der Waals surface area contributed by atoms with Gasteiger partial charge in [0.15, 0.2) is 0 Å². The van der Waals surface area contributed by atoms with E-state index in [2.05, 4.69) is 5.32 Å². The summed E-state index contributed by atoms with van der Waals surface area (Å²) in [5, 5.41) is 12.6. The van der Waals surface area contributed by atoms with Crippen LogP contribution < -0.4 is 11.1 Å². The SMILES string of the molecule is N#CC(c1ccc(Cl)cc1)C1C(=O)Nc2ccc(N)cc2[N+]1=O. The van der Waals surface area contributed by atoms with Gasteiger partial charge in [-0.1, -0.05) is 23.7 Å². The molecule has 0 fully saturated rings. The fraction of sp³-hybridized carbons (Fsp3) is 0.125. The third kappa shape index (κ3) is 2.62. The number of benzene rings is 2. The zero-order chi connectivity index (χ0) is 16.6. The summed E-state index contributed by atoms with van der Waals surface area (Å²) in [6.07, 6.45) is 0. The highest BCUT2D eigenvalue weighted by atomic mass is 35.5. The molecule has 1 heterocycles. The predicted molar refractivity (Wildman–Crippen MR) is 86.4 cm³/mol. The highest BCUT2D eigenvalue weighted by Gasteiger charge is 2.48. The molecule has 0 saturated carbocycles. The fourth-order valence-corrected chi connectivity index (χ4v) is 2.71. The van der Waals surface area contributed by atoms with Crippen LogP contribution in [0.15, 0.2) is 42.5 Å². The number of nitroso groups, excluding NO2 is 1. The molecule has 0 saturated heterocycles. The van der Waals surface area contributed by atoms with E-state index in [-0.39, 0.29) is 5.69 Å². The van der Waals surface area contributed by atoms with E-state index in [0.29, 0.717) is 26.7 Å². The number of rotatable bonds is 2. The van der Waals surface area contributed by atoms with Crippen LogP contribution in [-0.4, -0.2) is 16.7 Å². The zero-order valence-electron chi connectivity index (χ0n) is 11.9. The van der Waals surface area contributed by atoms with Gasteiger partial charge in [0.1, 0.15) is 11.6 Å². The molecule has 1 aliphatic heterocycles. The van der Waals surface area contributed by atoms with Crippen molar-refractivity contribution in [2.75, 3.05) is 11.1 Å². The van der Waals surface area contributed by atoms with Gasteiger partial charge in [-0.05, 0) is 29.8 Å². The Hall–Kier alpha value is -2.91. The molecule has 2 aromatic rings. The van der Waals surface area contributed by atoms with Gasteiger partial charge >= 0.3 is 6.04 Å². The molecule has 1 amide bonds. The van der Waals surface area contributed by atoms with Crippen molar-refractivity contribution in [2.45, 2.75) is 12.0 Å². The lowest BCUT2D eigenvalue weighted by Gasteiger charge is -2.20. The lowest BCUT2D eigenvalue weighted by atomic mass is 9.90. The lowest BCUT2D eigenvalue weighted by molar-refractivity contribution is -0.493. The molecule has 6 nitrogen and oxygen atoms in total. The number of nitrogens with zero attached hydrogens (tertiary/aromatic N) is 2. The Morgan fingerprint density at radius 1 is 1.26 bits per heavy atom. The monoisotopic (exact) mass is 327 g/mol. The summed E-state index contributed by atoms with van der Waals surface area (Å²) in [6.45, 7) is 0. The number of nitrogen functional groups attached to an aromatic ring is 1. The Labute approximate surface area is 137 Å². The normalized spacial score (nSPS) is 17.8. The summed E-state index contributed by atoms with van der Waals surface area (Å²) in [5.74, 6) is -1.46. The molecule has 0 spiro atoms. The first kappa shape index (κ1) is 15.0. The van der Waals surface area contributed by atoms with Crippen LogP contribution in [0.4, 0.5) is 17.1 Å². The third-order valence-corrected chi connectivity index (χ3v) is 3.97. The number of halogens is 1. The highest BCUT2D eigenvalue weighted by Crippen LogP contribution is 2.36. The number of amides is 1. The van der Waals surface area contributed by atoms with E-state index < -0.39 is 17.9 Å². The highest BCUT2D eigenvalue weighted by molar-refractivity contribution is 6.30. The summed E-state index contributed by atoms with van der Waals surface area (Å²) in [4.78, 5) is 25.0. The number of anilines is 2.